The van der Waals surface area contributed by atoms with Crippen molar-refractivity contribution >= 4 is 31.8 Å². The summed E-state index contributed by atoms with van der Waals surface area (Å²) in [6.45, 7) is 20.7. The lowest BCUT2D eigenvalue weighted by Crippen LogP contribution is -2.26. The lowest BCUT2D eigenvalue weighted by molar-refractivity contribution is 0.125. The number of ether oxygens (including phenoxy) is 1. The first-order chi connectivity index (χ1) is 20.9. The lowest BCUT2D eigenvalue weighted by Gasteiger charge is -2.24. The van der Waals surface area contributed by atoms with E-state index in [9.17, 15) is 0 Å². The Balaban J connectivity index is -0.000000496. The standard InChI is InChI=1S/C12H12O.C11H16.C6H16NP.C5H10O.CH3Cl.2CH4/c1-9-2-4-12-7-10(8-13)3-5-11(12)6-9;1-9(2)8-11-6-4-10(3)5-7-11;1-5(2)7(8)6(3)4;1-5-3-2-4-6-5;1-2;;/h2-7,13H,8H2,1H3;4-7,9H,8H2,1-3H3;5-6H,8H2,1-4H3;5H,2-4H2,1H3;1H3;2*1H4/i;;;;;1T;1D. The van der Waals surface area contributed by atoms with Crippen molar-refractivity contribution in [1.82, 2.24) is 4.67 Å². The molecule has 5 heteroatoms. The Labute approximate surface area is 271 Å². The number of halogens is 1. The second-order valence-electron chi connectivity index (χ2n) is 11.4. The fourth-order valence-electron chi connectivity index (χ4n) is 4.04. The molecule has 1 aliphatic rings. The number of hydrogen-bond acceptors (Lipinski definition) is 3. The van der Waals surface area contributed by atoms with Crippen LogP contribution in [0.25, 0.3) is 10.8 Å². The van der Waals surface area contributed by atoms with Crippen LogP contribution >= 0.6 is 21.0 Å². The van der Waals surface area contributed by atoms with Gasteiger partial charge in [-0.05, 0) is 102 Å². The molecule has 3 nitrogen and oxygen atoms in total. The van der Waals surface area contributed by atoms with E-state index in [-0.39, 0.29) is 6.61 Å². The minimum atomic E-state index is 0.115. The molecule has 0 spiro atoms. The first kappa shape index (κ1) is 40.5. The topological polar surface area (TPSA) is 32.7 Å². The molecule has 4 rings (SSSR count). The maximum atomic E-state index is 8.95. The molecule has 3 aromatic rings. The van der Waals surface area contributed by atoms with Crippen molar-refractivity contribution in [1.29, 1.82) is 0 Å². The highest BCUT2D eigenvalue weighted by Gasteiger charge is 2.07. The van der Waals surface area contributed by atoms with Crippen LogP contribution in [0.3, 0.4) is 0 Å². The quantitative estimate of drug-likeness (QED) is 0.226. The molecule has 1 aliphatic heterocycles. The van der Waals surface area contributed by atoms with Crippen LogP contribution < -0.4 is 0 Å². The zero-order valence-electron chi connectivity index (χ0n) is 30.9. The molecule has 0 amide bonds. The van der Waals surface area contributed by atoms with Crippen molar-refractivity contribution in [2.24, 2.45) is 5.92 Å². The van der Waals surface area contributed by atoms with E-state index in [2.05, 4.69) is 130 Å². The number of aliphatic hydroxyl groups excluding tert-OH is 1. The Kier molecular flexibility index (Phi) is 25.1. The monoisotopic (exact) mass is 624 g/mol. The first-order valence-electron chi connectivity index (χ1n) is 16.6. The third kappa shape index (κ3) is 20.4. The number of nitrogens with zero attached hydrogens (tertiary/aromatic N) is 1. The van der Waals surface area contributed by atoms with Crippen molar-refractivity contribution in [2.45, 2.75) is 121 Å². The molecule has 1 N–H and O–H groups in total. The predicted molar refractivity (Wildman–Crippen MR) is 196 cm³/mol. The van der Waals surface area contributed by atoms with Gasteiger partial charge in [0.2, 0.25) is 0 Å². The Bertz CT molecular complexity index is 1040. The molecular formula is C37H65ClNO2P. The van der Waals surface area contributed by atoms with Gasteiger partial charge in [0, 0.05) is 27.8 Å². The Morgan fingerprint density at radius 1 is 0.905 bits per heavy atom. The van der Waals surface area contributed by atoms with Crippen molar-refractivity contribution in [3.05, 3.63) is 82.9 Å². The van der Waals surface area contributed by atoms with Gasteiger partial charge in [0.25, 0.3) is 0 Å². The summed E-state index contributed by atoms with van der Waals surface area (Å²) >= 11 is 4.64. The maximum absolute atomic E-state index is 8.95. The molecule has 0 aliphatic carbocycles. The Morgan fingerprint density at radius 2 is 1.38 bits per heavy atom. The van der Waals surface area contributed by atoms with E-state index in [1.54, 1.807) is 0 Å². The van der Waals surface area contributed by atoms with Crippen molar-refractivity contribution < 1.29 is 12.6 Å². The fourth-order valence-corrected chi connectivity index (χ4v) is 4.04. The van der Waals surface area contributed by atoms with Crippen LogP contribution in [-0.4, -0.2) is 41.0 Å². The van der Waals surface area contributed by atoms with Crippen molar-refractivity contribution in [3.63, 3.8) is 0 Å². The molecule has 2 unspecified atom stereocenters. The average molecular weight is 625 g/mol. The molecule has 242 valence electrons. The summed E-state index contributed by atoms with van der Waals surface area (Å²) in [5.41, 5.74) is 5.03. The summed E-state index contributed by atoms with van der Waals surface area (Å²) in [5, 5.41) is 11.4. The fraction of sp³-hybridized carbons (Fsp3) is 0.568. The second kappa shape index (κ2) is 26.0. The summed E-state index contributed by atoms with van der Waals surface area (Å²) in [7, 11) is 5.22. The van der Waals surface area contributed by atoms with E-state index in [1.165, 1.54) is 67.9 Å². The highest BCUT2D eigenvalue weighted by atomic mass is 35.5. The number of fused-ring (bicyclic) bond motifs is 1. The van der Waals surface area contributed by atoms with Gasteiger partial charge in [-0.25, -0.2) is 0 Å². The number of aryl methyl sites for hydroxylation is 2. The molecule has 0 radical (unpaired) electrons. The van der Waals surface area contributed by atoms with Gasteiger partial charge in [-0.15, -0.1) is 11.6 Å². The predicted octanol–water partition coefficient (Wildman–Crippen LogP) is 11.0. The normalized spacial score (nSPS) is 13.7. The Morgan fingerprint density at radius 3 is 1.76 bits per heavy atom. The molecule has 2 atom stereocenters. The second-order valence-corrected chi connectivity index (χ2v) is 12.0. The molecule has 1 saturated heterocycles. The molecule has 42 heavy (non-hydrogen) atoms. The van der Waals surface area contributed by atoms with E-state index in [0.717, 1.165) is 18.1 Å². The third-order valence-electron chi connectivity index (χ3n) is 6.36. The van der Waals surface area contributed by atoms with E-state index >= 15 is 0 Å². The van der Waals surface area contributed by atoms with E-state index in [0.29, 0.717) is 18.2 Å². The molecule has 0 bridgehead atoms. The van der Waals surface area contributed by atoms with E-state index < -0.39 is 0 Å². The number of aliphatic hydroxyl groups is 1. The SMILES string of the molecule is CC(C)N(P)C(C)C.CC1CCCO1.CCl.Cc1ccc(CC(C)C)cc1.Cc1ccc2cc(CO)ccc2c1.[2H]C.[3H]C. The van der Waals surface area contributed by atoms with E-state index in [1.807, 2.05) is 18.2 Å². The van der Waals surface area contributed by atoms with Crippen LogP contribution in [0.15, 0.2) is 60.7 Å². The lowest BCUT2D eigenvalue weighted by atomic mass is 10.0. The van der Waals surface area contributed by atoms with Crippen LogP contribution in [0.4, 0.5) is 0 Å². The van der Waals surface area contributed by atoms with Gasteiger partial charge in [0.05, 0.1) is 12.7 Å². The Hall–Kier alpha value is -1.48. The van der Waals surface area contributed by atoms with Gasteiger partial charge in [0.1, 0.15) is 0 Å². The molecule has 3 aromatic carbocycles. The van der Waals surface area contributed by atoms with Crippen LogP contribution in [0, 0.1) is 19.8 Å². The molecule has 0 aromatic heterocycles. The van der Waals surface area contributed by atoms with Crippen LogP contribution in [0.1, 0.15) is 101 Å². The van der Waals surface area contributed by atoms with Gasteiger partial charge in [-0.3, -0.25) is 4.67 Å². The van der Waals surface area contributed by atoms with Gasteiger partial charge in [-0.1, -0.05) is 104 Å². The van der Waals surface area contributed by atoms with Gasteiger partial charge < -0.3 is 9.84 Å². The number of benzene rings is 3. The maximum Gasteiger partial charge on any atom is 0.0682 e. The smallest absolute Gasteiger partial charge is 0.0682 e. The van der Waals surface area contributed by atoms with Gasteiger partial charge in [-0.2, -0.15) is 0 Å². The van der Waals surface area contributed by atoms with Gasteiger partial charge in [0.15, 0.2) is 0 Å². The molecule has 1 fully saturated rings. The number of alkyl halides is 1. The van der Waals surface area contributed by atoms with Crippen molar-refractivity contribution in [2.75, 3.05) is 13.0 Å². The summed E-state index contributed by atoms with van der Waals surface area (Å²) < 4.78 is 18.9. The van der Waals surface area contributed by atoms with Crippen LogP contribution in [0.5, 0.6) is 0 Å². The highest BCUT2D eigenvalue weighted by Crippen LogP contribution is 2.17. The van der Waals surface area contributed by atoms with Crippen LogP contribution in [0.2, 0.25) is 0 Å². The van der Waals surface area contributed by atoms with Crippen LogP contribution in [-0.2, 0) is 17.8 Å². The zero-order valence-corrected chi connectivity index (χ0v) is 30.8. The average Bonchev–Trinajstić information content (AvgIpc) is 3.52. The van der Waals surface area contributed by atoms with Crippen molar-refractivity contribution in [3.8, 4) is 0 Å². The third-order valence-corrected chi connectivity index (χ3v) is 7.55. The minimum absolute atomic E-state index is 0.115. The molecule has 0 saturated carbocycles. The summed E-state index contributed by atoms with van der Waals surface area (Å²) in [6, 6.07) is 22.4. The number of rotatable bonds is 5. The van der Waals surface area contributed by atoms with E-state index in [4.69, 9.17) is 12.6 Å². The summed E-state index contributed by atoms with van der Waals surface area (Å²) in [4.78, 5) is 0. The molecular weight excluding hydrogens is 557 g/mol. The molecule has 1 heterocycles. The summed E-state index contributed by atoms with van der Waals surface area (Å²) in [6.07, 6.45) is 5.74. The van der Waals surface area contributed by atoms with Gasteiger partial charge >= 0.3 is 0 Å². The first-order valence-corrected chi connectivity index (χ1v) is 15.9. The largest absolute Gasteiger partial charge is 0.392 e. The zero-order chi connectivity index (χ0) is 34.7. The number of hydrogen-bond donors (Lipinski definition) is 1. The minimum Gasteiger partial charge on any atom is -0.392 e. The highest BCUT2D eigenvalue weighted by molar-refractivity contribution is 7.13. The summed E-state index contributed by atoms with van der Waals surface area (Å²) in [5.74, 6) is 0.762.